The Morgan fingerprint density at radius 3 is 3.06 bits per heavy atom. The number of amides is 1. The molecule has 1 atom stereocenters. The first-order valence-corrected chi connectivity index (χ1v) is 5.64. The number of carbonyl (C=O) groups excluding carboxylic acids is 1. The van der Waals surface area contributed by atoms with Crippen LogP contribution in [-0.2, 0) is 4.79 Å². The summed E-state index contributed by atoms with van der Waals surface area (Å²) in [5.74, 6) is -0.0331. The van der Waals surface area contributed by atoms with Crippen LogP contribution in [0.1, 0.15) is 18.0 Å². The Bertz CT molecular complexity index is 408. The summed E-state index contributed by atoms with van der Waals surface area (Å²) < 4.78 is 0. The van der Waals surface area contributed by atoms with Crippen molar-refractivity contribution in [3.8, 4) is 0 Å². The summed E-state index contributed by atoms with van der Waals surface area (Å²) in [6.45, 7) is 1.35. The van der Waals surface area contributed by atoms with E-state index >= 15 is 0 Å². The number of nitrogens with one attached hydrogen (secondary N) is 2. The molecule has 0 saturated heterocycles. The first-order valence-electron chi connectivity index (χ1n) is 5.26. The zero-order chi connectivity index (χ0) is 11.5. The summed E-state index contributed by atoms with van der Waals surface area (Å²) in [5.41, 5.74) is 7.15. The van der Waals surface area contributed by atoms with Gasteiger partial charge < -0.3 is 16.4 Å². The minimum Gasteiger partial charge on any atom is -0.330 e. The molecule has 1 amide bonds. The van der Waals surface area contributed by atoms with Gasteiger partial charge in [0.05, 0.1) is 0 Å². The number of rotatable bonds is 4. The monoisotopic (exact) mass is 239 g/mol. The van der Waals surface area contributed by atoms with Crippen molar-refractivity contribution in [1.29, 1.82) is 0 Å². The summed E-state index contributed by atoms with van der Waals surface area (Å²) in [6, 6.07) is 5.15. The third-order valence-corrected chi connectivity index (χ3v) is 2.81. The Morgan fingerprint density at radius 1 is 1.50 bits per heavy atom. The average Bonchev–Trinajstić information content (AvgIpc) is 2.55. The van der Waals surface area contributed by atoms with Crippen LogP contribution in [0.4, 0.5) is 5.69 Å². The van der Waals surface area contributed by atoms with Crippen molar-refractivity contribution >= 4 is 23.2 Å². The molecule has 0 aromatic heterocycles. The highest BCUT2D eigenvalue weighted by Crippen LogP contribution is 2.32. The number of hydrogen-bond acceptors (Lipinski definition) is 3. The van der Waals surface area contributed by atoms with Gasteiger partial charge in [-0.2, -0.15) is 0 Å². The molecule has 0 spiro atoms. The topological polar surface area (TPSA) is 67.1 Å². The Morgan fingerprint density at radius 2 is 2.31 bits per heavy atom. The maximum absolute atomic E-state index is 11.7. The van der Waals surface area contributed by atoms with E-state index in [1.807, 2.05) is 6.07 Å². The van der Waals surface area contributed by atoms with Crippen LogP contribution in [0.2, 0.25) is 5.02 Å². The third kappa shape index (κ3) is 2.19. The van der Waals surface area contributed by atoms with Crippen LogP contribution >= 0.6 is 11.6 Å². The number of benzene rings is 1. The van der Waals surface area contributed by atoms with Crippen LogP contribution in [-0.4, -0.2) is 19.0 Å². The second-order valence-electron chi connectivity index (χ2n) is 3.75. The molecule has 16 heavy (non-hydrogen) atoms. The van der Waals surface area contributed by atoms with Crippen LogP contribution < -0.4 is 16.4 Å². The lowest BCUT2D eigenvalue weighted by Gasteiger charge is -2.10. The quantitative estimate of drug-likeness (QED) is 0.694. The number of fused-ring (bicyclic) bond motifs is 1. The van der Waals surface area contributed by atoms with Gasteiger partial charge in [-0.15, -0.1) is 0 Å². The Balaban J connectivity index is 2.13. The predicted octanol–water partition coefficient (Wildman–Crippen LogP) is 1.27. The molecule has 4 nitrogen and oxygen atoms in total. The van der Waals surface area contributed by atoms with Gasteiger partial charge >= 0.3 is 0 Å². The van der Waals surface area contributed by atoms with Crippen LogP contribution in [0.25, 0.3) is 0 Å². The lowest BCUT2D eigenvalue weighted by Crippen LogP contribution is -2.29. The van der Waals surface area contributed by atoms with Crippen molar-refractivity contribution in [2.24, 2.45) is 5.73 Å². The van der Waals surface area contributed by atoms with Gasteiger partial charge in [-0.3, -0.25) is 4.79 Å². The SMILES string of the molecule is NCCCNC1C(=O)Nc2cc(Cl)ccc21. The predicted molar refractivity (Wildman–Crippen MR) is 64.5 cm³/mol. The average molecular weight is 240 g/mol. The normalized spacial score (nSPS) is 18.4. The number of halogens is 1. The molecule has 4 N–H and O–H groups in total. The fourth-order valence-corrected chi connectivity index (χ4v) is 1.96. The fraction of sp³-hybridized carbons (Fsp3) is 0.364. The molecular weight excluding hydrogens is 226 g/mol. The number of nitrogens with two attached hydrogens (primary N) is 1. The summed E-state index contributed by atoms with van der Waals surface area (Å²) in [6.07, 6.45) is 0.854. The maximum atomic E-state index is 11.7. The molecule has 5 heteroatoms. The molecule has 1 aliphatic heterocycles. The van der Waals surface area contributed by atoms with Crippen LogP contribution in [0.15, 0.2) is 18.2 Å². The number of anilines is 1. The largest absolute Gasteiger partial charge is 0.330 e. The highest BCUT2D eigenvalue weighted by Gasteiger charge is 2.29. The van der Waals surface area contributed by atoms with Gasteiger partial charge in [-0.1, -0.05) is 17.7 Å². The van der Waals surface area contributed by atoms with E-state index in [1.165, 1.54) is 0 Å². The van der Waals surface area contributed by atoms with Gasteiger partial charge in [-0.25, -0.2) is 0 Å². The molecule has 1 heterocycles. The van der Waals surface area contributed by atoms with Crippen molar-refractivity contribution < 1.29 is 4.79 Å². The first-order chi connectivity index (χ1) is 7.72. The van der Waals surface area contributed by atoms with Crippen molar-refractivity contribution in [3.63, 3.8) is 0 Å². The Labute approximate surface area is 99.2 Å². The van der Waals surface area contributed by atoms with Gasteiger partial charge in [0.25, 0.3) is 0 Å². The molecule has 0 aliphatic carbocycles. The molecular formula is C11H14ClN3O. The van der Waals surface area contributed by atoms with E-state index in [-0.39, 0.29) is 11.9 Å². The molecule has 1 unspecified atom stereocenters. The molecule has 1 aromatic carbocycles. The zero-order valence-electron chi connectivity index (χ0n) is 8.79. The molecule has 0 fully saturated rings. The van der Waals surface area contributed by atoms with E-state index in [4.69, 9.17) is 17.3 Å². The fourth-order valence-electron chi connectivity index (χ4n) is 1.79. The van der Waals surface area contributed by atoms with Crippen molar-refractivity contribution in [2.75, 3.05) is 18.4 Å². The summed E-state index contributed by atoms with van der Waals surface area (Å²) >= 11 is 5.86. The van der Waals surface area contributed by atoms with E-state index in [2.05, 4.69) is 10.6 Å². The lowest BCUT2D eigenvalue weighted by molar-refractivity contribution is -0.117. The summed E-state index contributed by atoms with van der Waals surface area (Å²) in [5, 5.41) is 6.60. The van der Waals surface area contributed by atoms with Gasteiger partial charge in [0.1, 0.15) is 6.04 Å². The third-order valence-electron chi connectivity index (χ3n) is 2.58. The highest BCUT2D eigenvalue weighted by atomic mass is 35.5. The van der Waals surface area contributed by atoms with Crippen molar-refractivity contribution in [3.05, 3.63) is 28.8 Å². The summed E-state index contributed by atoms with van der Waals surface area (Å²) in [7, 11) is 0. The summed E-state index contributed by atoms with van der Waals surface area (Å²) in [4.78, 5) is 11.7. The second kappa shape index (κ2) is 4.82. The van der Waals surface area contributed by atoms with E-state index in [1.54, 1.807) is 12.1 Å². The molecule has 0 bridgehead atoms. The molecule has 0 saturated carbocycles. The maximum Gasteiger partial charge on any atom is 0.246 e. The molecule has 0 radical (unpaired) electrons. The standard InChI is InChI=1S/C11H14ClN3O/c12-7-2-3-8-9(6-7)15-11(16)10(8)14-5-1-4-13/h2-3,6,10,14H,1,4-5,13H2,(H,15,16). The first kappa shape index (κ1) is 11.4. The van der Waals surface area contributed by atoms with E-state index in [0.29, 0.717) is 11.6 Å². The number of hydrogen-bond donors (Lipinski definition) is 3. The molecule has 1 aromatic rings. The smallest absolute Gasteiger partial charge is 0.246 e. The Hall–Kier alpha value is -1.10. The van der Waals surface area contributed by atoms with E-state index in [9.17, 15) is 4.79 Å². The lowest BCUT2D eigenvalue weighted by atomic mass is 10.1. The van der Waals surface area contributed by atoms with Crippen molar-refractivity contribution in [2.45, 2.75) is 12.5 Å². The van der Waals surface area contributed by atoms with Gasteiger partial charge in [0, 0.05) is 16.3 Å². The van der Waals surface area contributed by atoms with Gasteiger partial charge in [-0.05, 0) is 31.6 Å². The van der Waals surface area contributed by atoms with E-state index in [0.717, 1.165) is 24.2 Å². The second-order valence-corrected chi connectivity index (χ2v) is 4.19. The van der Waals surface area contributed by atoms with Crippen LogP contribution in [0.5, 0.6) is 0 Å². The van der Waals surface area contributed by atoms with Crippen molar-refractivity contribution in [1.82, 2.24) is 5.32 Å². The zero-order valence-corrected chi connectivity index (χ0v) is 9.55. The Kier molecular flexibility index (Phi) is 3.43. The minimum absolute atomic E-state index is 0.0331. The van der Waals surface area contributed by atoms with Gasteiger partial charge in [0.2, 0.25) is 5.91 Å². The molecule has 86 valence electrons. The van der Waals surface area contributed by atoms with Crippen LogP contribution in [0, 0.1) is 0 Å². The molecule has 1 aliphatic rings. The highest BCUT2D eigenvalue weighted by molar-refractivity contribution is 6.31. The van der Waals surface area contributed by atoms with Gasteiger partial charge in [0.15, 0.2) is 0 Å². The van der Waals surface area contributed by atoms with E-state index < -0.39 is 0 Å². The minimum atomic E-state index is -0.279. The van der Waals surface area contributed by atoms with Crippen LogP contribution in [0.3, 0.4) is 0 Å². The molecule has 2 rings (SSSR count). The number of carbonyl (C=O) groups is 1.